The van der Waals surface area contributed by atoms with Gasteiger partial charge in [0.05, 0.1) is 18.3 Å². The minimum Gasteiger partial charge on any atom is -0.394 e. The number of hydrogen-bond donors (Lipinski definition) is 2. The first-order valence-corrected chi connectivity index (χ1v) is 6.60. The largest absolute Gasteiger partial charge is 0.416 e. The van der Waals surface area contributed by atoms with Crippen LogP contribution in [0.15, 0.2) is 24.3 Å². The van der Waals surface area contributed by atoms with Crippen LogP contribution < -0.4 is 0 Å². The molecule has 0 bridgehead atoms. The topological polar surface area (TPSA) is 60.8 Å². The second-order valence-electron chi connectivity index (χ2n) is 4.40. The number of nitrogens with zero attached hydrogens (tertiary/aromatic N) is 1. The van der Waals surface area contributed by atoms with Gasteiger partial charge in [-0.3, -0.25) is 4.79 Å². The quantitative estimate of drug-likeness (QED) is 0.782. The molecule has 0 fully saturated rings. The first kappa shape index (κ1) is 17.7. The van der Waals surface area contributed by atoms with E-state index < -0.39 is 36.2 Å². The highest BCUT2D eigenvalue weighted by Gasteiger charge is 2.33. The van der Waals surface area contributed by atoms with Gasteiger partial charge in [0, 0.05) is 13.1 Å². The lowest BCUT2D eigenvalue weighted by molar-refractivity contribution is -0.139. The van der Waals surface area contributed by atoms with Crippen molar-refractivity contribution in [1.29, 1.82) is 0 Å². The van der Waals surface area contributed by atoms with E-state index >= 15 is 0 Å². The van der Waals surface area contributed by atoms with Crippen molar-refractivity contribution in [3.63, 3.8) is 0 Å². The molecule has 8 heteroatoms. The van der Waals surface area contributed by atoms with Gasteiger partial charge in [0.2, 0.25) is 5.91 Å². The standard InChI is InChI=1S/C13H15ClF3NO3/c14-5-12(21)18(7-10(20)8-19)6-9-3-1-2-4-11(9)13(15,16)17/h1-4,10,19-20H,5-8H2. The van der Waals surface area contributed by atoms with E-state index in [2.05, 4.69) is 0 Å². The van der Waals surface area contributed by atoms with Crippen molar-refractivity contribution >= 4 is 17.5 Å². The summed E-state index contributed by atoms with van der Waals surface area (Å²) < 4.78 is 38.7. The molecule has 1 atom stereocenters. The number of benzene rings is 1. The van der Waals surface area contributed by atoms with Crippen LogP contribution in [0, 0.1) is 0 Å². The van der Waals surface area contributed by atoms with Crippen molar-refractivity contribution in [1.82, 2.24) is 4.90 Å². The summed E-state index contributed by atoms with van der Waals surface area (Å²) in [6.07, 6.45) is -5.78. The molecule has 0 saturated heterocycles. The van der Waals surface area contributed by atoms with Gasteiger partial charge in [-0.1, -0.05) is 18.2 Å². The lowest BCUT2D eigenvalue weighted by atomic mass is 10.1. The van der Waals surface area contributed by atoms with Crippen molar-refractivity contribution in [2.75, 3.05) is 19.0 Å². The van der Waals surface area contributed by atoms with Crippen LogP contribution in [0.1, 0.15) is 11.1 Å². The van der Waals surface area contributed by atoms with Gasteiger partial charge >= 0.3 is 6.18 Å². The molecule has 0 aliphatic rings. The Morgan fingerprint density at radius 3 is 2.48 bits per heavy atom. The number of aliphatic hydroxyl groups is 2. The molecule has 4 nitrogen and oxygen atoms in total. The van der Waals surface area contributed by atoms with Crippen LogP contribution in [0.4, 0.5) is 13.2 Å². The zero-order valence-electron chi connectivity index (χ0n) is 11.0. The van der Waals surface area contributed by atoms with Crippen LogP contribution in [0.3, 0.4) is 0 Å². The van der Waals surface area contributed by atoms with Gasteiger partial charge in [-0.15, -0.1) is 11.6 Å². The monoisotopic (exact) mass is 325 g/mol. The fourth-order valence-corrected chi connectivity index (χ4v) is 1.96. The summed E-state index contributed by atoms with van der Waals surface area (Å²) in [6.45, 7) is -1.25. The van der Waals surface area contributed by atoms with Crippen molar-refractivity contribution in [3.8, 4) is 0 Å². The minimum atomic E-state index is -4.54. The molecular formula is C13H15ClF3NO3. The summed E-state index contributed by atoms with van der Waals surface area (Å²) in [4.78, 5) is 12.6. The van der Waals surface area contributed by atoms with Gasteiger partial charge < -0.3 is 15.1 Å². The van der Waals surface area contributed by atoms with E-state index in [1.165, 1.54) is 18.2 Å². The zero-order chi connectivity index (χ0) is 16.0. The van der Waals surface area contributed by atoms with Crippen LogP contribution in [0.25, 0.3) is 0 Å². The van der Waals surface area contributed by atoms with Crippen LogP contribution in [0.5, 0.6) is 0 Å². The Morgan fingerprint density at radius 1 is 1.33 bits per heavy atom. The van der Waals surface area contributed by atoms with Crippen molar-refractivity contribution in [2.24, 2.45) is 0 Å². The third kappa shape index (κ3) is 5.18. The number of hydrogen-bond acceptors (Lipinski definition) is 3. The normalized spacial score (nSPS) is 13.0. The number of halogens is 4. The third-order valence-corrected chi connectivity index (χ3v) is 3.02. The van der Waals surface area contributed by atoms with E-state index in [9.17, 15) is 23.1 Å². The van der Waals surface area contributed by atoms with Gasteiger partial charge in [-0.25, -0.2) is 0 Å². The van der Waals surface area contributed by atoms with Gasteiger partial charge in [-0.05, 0) is 11.6 Å². The molecule has 2 N–H and O–H groups in total. The van der Waals surface area contributed by atoms with E-state index in [-0.39, 0.29) is 18.7 Å². The van der Waals surface area contributed by atoms with Crippen LogP contribution in [0.2, 0.25) is 0 Å². The molecule has 1 aromatic rings. The van der Waals surface area contributed by atoms with E-state index in [0.717, 1.165) is 11.0 Å². The van der Waals surface area contributed by atoms with E-state index in [1.54, 1.807) is 0 Å². The maximum absolute atomic E-state index is 12.9. The predicted octanol–water partition coefficient (Wildman–Crippen LogP) is 1.63. The molecule has 0 saturated carbocycles. The SMILES string of the molecule is O=C(CCl)N(Cc1ccccc1C(F)(F)F)CC(O)CO. The average Bonchev–Trinajstić information content (AvgIpc) is 2.44. The van der Waals surface area contributed by atoms with Gasteiger partial charge in [0.1, 0.15) is 5.88 Å². The highest BCUT2D eigenvalue weighted by molar-refractivity contribution is 6.27. The van der Waals surface area contributed by atoms with Crippen LogP contribution in [-0.2, 0) is 17.5 Å². The van der Waals surface area contributed by atoms with Crippen LogP contribution >= 0.6 is 11.6 Å². The van der Waals surface area contributed by atoms with Crippen molar-refractivity contribution in [3.05, 3.63) is 35.4 Å². The lowest BCUT2D eigenvalue weighted by Crippen LogP contribution is -2.39. The Hall–Kier alpha value is -1.31. The smallest absolute Gasteiger partial charge is 0.394 e. The third-order valence-electron chi connectivity index (χ3n) is 2.79. The van der Waals surface area contributed by atoms with E-state index in [1.807, 2.05) is 0 Å². The molecule has 21 heavy (non-hydrogen) atoms. The zero-order valence-corrected chi connectivity index (χ0v) is 11.7. The summed E-state index contributed by atoms with van der Waals surface area (Å²) in [7, 11) is 0. The molecule has 0 aromatic heterocycles. The summed E-state index contributed by atoms with van der Waals surface area (Å²) in [5.74, 6) is -1.05. The van der Waals surface area contributed by atoms with E-state index in [4.69, 9.17) is 16.7 Å². The molecule has 1 amide bonds. The maximum atomic E-state index is 12.9. The molecule has 118 valence electrons. The summed E-state index contributed by atoms with van der Waals surface area (Å²) in [6, 6.07) is 4.85. The first-order valence-electron chi connectivity index (χ1n) is 6.07. The Labute approximate surface area is 124 Å². The second kappa shape index (κ2) is 7.63. The number of carbonyl (C=O) groups excluding carboxylic acids is 1. The minimum absolute atomic E-state index is 0.103. The summed E-state index contributed by atoms with van der Waals surface area (Å²) in [5.41, 5.74) is -0.954. The second-order valence-corrected chi connectivity index (χ2v) is 4.67. The molecule has 0 heterocycles. The van der Waals surface area contributed by atoms with Crippen molar-refractivity contribution in [2.45, 2.75) is 18.8 Å². The van der Waals surface area contributed by atoms with Gasteiger partial charge in [-0.2, -0.15) is 13.2 Å². The van der Waals surface area contributed by atoms with E-state index in [0.29, 0.717) is 0 Å². The Morgan fingerprint density at radius 2 is 1.95 bits per heavy atom. The molecular weight excluding hydrogens is 311 g/mol. The Bertz CT molecular complexity index is 482. The molecule has 0 aliphatic heterocycles. The Kier molecular flexibility index (Phi) is 6.44. The molecule has 0 radical (unpaired) electrons. The maximum Gasteiger partial charge on any atom is 0.416 e. The number of aliphatic hydroxyl groups excluding tert-OH is 2. The predicted molar refractivity (Wildman–Crippen MR) is 70.7 cm³/mol. The number of amides is 1. The molecule has 0 aliphatic carbocycles. The fourth-order valence-electron chi connectivity index (χ4n) is 1.79. The highest BCUT2D eigenvalue weighted by atomic mass is 35.5. The first-order chi connectivity index (χ1) is 9.79. The van der Waals surface area contributed by atoms with Crippen LogP contribution in [-0.4, -0.2) is 46.2 Å². The summed E-state index contributed by atoms with van der Waals surface area (Å²) >= 11 is 5.41. The van der Waals surface area contributed by atoms with Gasteiger partial charge in [0.25, 0.3) is 0 Å². The molecule has 0 spiro atoms. The molecule has 1 aromatic carbocycles. The number of rotatable bonds is 6. The van der Waals surface area contributed by atoms with Crippen molar-refractivity contribution < 1.29 is 28.2 Å². The summed E-state index contributed by atoms with van der Waals surface area (Å²) in [5, 5.41) is 18.2. The lowest BCUT2D eigenvalue weighted by Gasteiger charge is -2.25. The Balaban J connectivity index is 3.01. The van der Waals surface area contributed by atoms with Gasteiger partial charge in [0.15, 0.2) is 0 Å². The number of carbonyl (C=O) groups is 1. The molecule has 1 unspecified atom stereocenters. The highest BCUT2D eigenvalue weighted by Crippen LogP contribution is 2.32. The average molecular weight is 326 g/mol. The fraction of sp³-hybridized carbons (Fsp3) is 0.462. The molecule has 1 rings (SSSR count). The number of alkyl halides is 4.